The van der Waals surface area contributed by atoms with Crippen LogP contribution in [0.3, 0.4) is 0 Å². The Balaban J connectivity index is 1.94. The highest BCUT2D eigenvalue weighted by atomic mass is 79.9. The quantitative estimate of drug-likeness (QED) is 0.842. The number of amides is 1. The monoisotopic (exact) mass is 334 g/mol. The highest BCUT2D eigenvalue weighted by Gasteiger charge is 2.07. The van der Waals surface area contributed by atoms with E-state index in [0.29, 0.717) is 11.4 Å². The molecule has 4 nitrogen and oxygen atoms in total. The lowest BCUT2D eigenvalue weighted by Gasteiger charge is -2.10. The van der Waals surface area contributed by atoms with Crippen LogP contribution in [-0.4, -0.2) is 12.5 Å². The molecule has 0 bridgehead atoms. The van der Waals surface area contributed by atoms with Crippen molar-refractivity contribution in [2.45, 2.75) is 6.92 Å². The molecule has 0 fully saturated rings. The van der Waals surface area contributed by atoms with E-state index in [1.54, 1.807) is 24.3 Å². The molecule has 0 saturated carbocycles. The number of carbonyl (C=O) groups is 1. The van der Waals surface area contributed by atoms with Crippen molar-refractivity contribution in [3.05, 3.63) is 52.5 Å². The van der Waals surface area contributed by atoms with Gasteiger partial charge in [-0.1, -0.05) is 12.1 Å². The second-order valence-corrected chi connectivity index (χ2v) is 5.25. The summed E-state index contributed by atoms with van der Waals surface area (Å²) >= 11 is 3.39. The van der Waals surface area contributed by atoms with Crippen molar-refractivity contribution in [1.82, 2.24) is 0 Å². The van der Waals surface area contributed by atoms with Gasteiger partial charge in [0.1, 0.15) is 5.75 Å². The number of rotatable bonds is 4. The fourth-order valence-electron chi connectivity index (χ4n) is 1.67. The van der Waals surface area contributed by atoms with E-state index in [2.05, 4.69) is 21.2 Å². The summed E-state index contributed by atoms with van der Waals surface area (Å²) in [4.78, 5) is 11.8. The lowest BCUT2D eigenvalue weighted by molar-refractivity contribution is -0.118. The molecule has 5 heteroatoms. The van der Waals surface area contributed by atoms with Gasteiger partial charge in [0.25, 0.3) is 5.91 Å². The maximum absolute atomic E-state index is 11.8. The van der Waals surface area contributed by atoms with Crippen LogP contribution in [0.4, 0.5) is 11.4 Å². The molecule has 0 aliphatic heterocycles. The van der Waals surface area contributed by atoms with Crippen LogP contribution >= 0.6 is 15.9 Å². The molecule has 0 aliphatic rings. The number of hydrogen-bond donors (Lipinski definition) is 2. The van der Waals surface area contributed by atoms with Gasteiger partial charge in [-0.15, -0.1) is 0 Å². The van der Waals surface area contributed by atoms with Crippen molar-refractivity contribution in [3.8, 4) is 5.75 Å². The number of ether oxygens (including phenoxy) is 1. The summed E-state index contributed by atoms with van der Waals surface area (Å²) < 4.78 is 6.22. The fraction of sp³-hybridized carbons (Fsp3) is 0.133. The highest BCUT2D eigenvalue weighted by molar-refractivity contribution is 9.10. The Morgan fingerprint density at radius 1 is 1.30 bits per heavy atom. The van der Waals surface area contributed by atoms with Crippen molar-refractivity contribution in [3.63, 3.8) is 0 Å². The molecule has 0 radical (unpaired) electrons. The number of nitrogens with two attached hydrogens (primary N) is 1. The average molecular weight is 335 g/mol. The van der Waals surface area contributed by atoms with Gasteiger partial charge in [-0.2, -0.15) is 0 Å². The second-order valence-electron chi connectivity index (χ2n) is 4.39. The SMILES string of the molecule is Cc1ccc(Br)c(NC(=O)COc2cccc(N)c2)c1. The van der Waals surface area contributed by atoms with Crippen molar-refractivity contribution >= 4 is 33.2 Å². The third-order valence-electron chi connectivity index (χ3n) is 2.62. The van der Waals surface area contributed by atoms with Crippen LogP contribution in [0.2, 0.25) is 0 Å². The van der Waals surface area contributed by atoms with Crippen LogP contribution in [0, 0.1) is 6.92 Å². The zero-order valence-electron chi connectivity index (χ0n) is 11.0. The Morgan fingerprint density at radius 3 is 2.85 bits per heavy atom. The molecule has 0 heterocycles. The Labute approximate surface area is 126 Å². The molecule has 1 amide bonds. The van der Waals surface area contributed by atoms with Gasteiger partial charge in [0, 0.05) is 16.2 Å². The van der Waals surface area contributed by atoms with Gasteiger partial charge in [0.2, 0.25) is 0 Å². The summed E-state index contributed by atoms with van der Waals surface area (Å²) in [5, 5.41) is 2.79. The average Bonchev–Trinajstić information content (AvgIpc) is 2.41. The molecular weight excluding hydrogens is 320 g/mol. The summed E-state index contributed by atoms with van der Waals surface area (Å²) in [5.41, 5.74) is 8.04. The number of hydrogen-bond acceptors (Lipinski definition) is 3. The van der Waals surface area contributed by atoms with Crippen molar-refractivity contribution in [2.24, 2.45) is 0 Å². The number of nitrogen functional groups attached to an aromatic ring is 1. The molecule has 0 saturated heterocycles. The normalized spacial score (nSPS) is 10.1. The number of aryl methyl sites for hydroxylation is 1. The van der Waals surface area contributed by atoms with Gasteiger partial charge in [0.15, 0.2) is 6.61 Å². The zero-order valence-corrected chi connectivity index (χ0v) is 12.6. The summed E-state index contributed by atoms with van der Waals surface area (Å²) in [6, 6.07) is 12.7. The van der Waals surface area contributed by atoms with Gasteiger partial charge in [-0.3, -0.25) is 4.79 Å². The van der Waals surface area contributed by atoms with E-state index >= 15 is 0 Å². The minimum Gasteiger partial charge on any atom is -0.484 e. The number of benzene rings is 2. The van der Waals surface area contributed by atoms with Crippen molar-refractivity contribution in [2.75, 3.05) is 17.7 Å². The number of nitrogens with one attached hydrogen (secondary N) is 1. The van der Waals surface area contributed by atoms with Crippen LogP contribution in [-0.2, 0) is 4.79 Å². The van der Waals surface area contributed by atoms with E-state index in [-0.39, 0.29) is 12.5 Å². The zero-order chi connectivity index (χ0) is 14.5. The van der Waals surface area contributed by atoms with Crippen LogP contribution in [0.15, 0.2) is 46.9 Å². The summed E-state index contributed by atoms with van der Waals surface area (Å²) in [6.07, 6.45) is 0. The Bertz CT molecular complexity index is 629. The van der Waals surface area contributed by atoms with E-state index in [4.69, 9.17) is 10.5 Å². The predicted octanol–water partition coefficient (Wildman–Crippen LogP) is 3.36. The lowest BCUT2D eigenvalue weighted by atomic mass is 10.2. The largest absolute Gasteiger partial charge is 0.484 e. The molecule has 0 spiro atoms. The van der Waals surface area contributed by atoms with Crippen LogP contribution in [0.25, 0.3) is 0 Å². The lowest BCUT2D eigenvalue weighted by Crippen LogP contribution is -2.20. The molecule has 2 rings (SSSR count). The van der Waals surface area contributed by atoms with E-state index in [9.17, 15) is 4.79 Å². The van der Waals surface area contributed by atoms with Gasteiger partial charge < -0.3 is 15.8 Å². The maximum atomic E-state index is 11.8. The van der Waals surface area contributed by atoms with Crippen LogP contribution in [0.1, 0.15) is 5.56 Å². The molecule has 2 aromatic rings. The van der Waals surface area contributed by atoms with Crippen LogP contribution in [0.5, 0.6) is 5.75 Å². The van der Waals surface area contributed by atoms with E-state index < -0.39 is 0 Å². The predicted molar refractivity (Wildman–Crippen MR) is 83.9 cm³/mol. The van der Waals surface area contributed by atoms with Gasteiger partial charge in [0.05, 0.1) is 5.69 Å². The third kappa shape index (κ3) is 3.99. The van der Waals surface area contributed by atoms with E-state index in [0.717, 1.165) is 15.7 Å². The standard InChI is InChI=1S/C15H15BrN2O2/c1-10-5-6-13(16)14(7-10)18-15(19)9-20-12-4-2-3-11(17)8-12/h2-8H,9,17H2,1H3,(H,18,19). The second kappa shape index (κ2) is 6.43. The number of carbonyl (C=O) groups excluding carboxylic acids is 1. The molecule has 3 N–H and O–H groups in total. The minimum atomic E-state index is -0.223. The molecule has 0 atom stereocenters. The Hall–Kier alpha value is -2.01. The highest BCUT2D eigenvalue weighted by Crippen LogP contribution is 2.23. The molecule has 0 aromatic heterocycles. The van der Waals surface area contributed by atoms with E-state index in [1.807, 2.05) is 25.1 Å². The first-order valence-electron chi connectivity index (χ1n) is 6.09. The van der Waals surface area contributed by atoms with Gasteiger partial charge in [-0.05, 0) is 52.7 Å². The molecule has 104 valence electrons. The maximum Gasteiger partial charge on any atom is 0.262 e. The smallest absolute Gasteiger partial charge is 0.262 e. The molecule has 0 aliphatic carbocycles. The van der Waals surface area contributed by atoms with E-state index in [1.165, 1.54) is 0 Å². The molecule has 20 heavy (non-hydrogen) atoms. The van der Waals surface area contributed by atoms with Gasteiger partial charge >= 0.3 is 0 Å². The Kier molecular flexibility index (Phi) is 4.63. The van der Waals surface area contributed by atoms with Gasteiger partial charge in [-0.25, -0.2) is 0 Å². The summed E-state index contributed by atoms with van der Waals surface area (Å²) in [7, 11) is 0. The van der Waals surface area contributed by atoms with Crippen LogP contribution < -0.4 is 15.8 Å². The number of anilines is 2. The first-order chi connectivity index (χ1) is 9.54. The summed E-state index contributed by atoms with van der Waals surface area (Å²) in [5.74, 6) is 0.349. The third-order valence-corrected chi connectivity index (χ3v) is 3.32. The molecular formula is C15H15BrN2O2. The fourth-order valence-corrected chi connectivity index (χ4v) is 2.02. The molecule has 0 unspecified atom stereocenters. The van der Waals surface area contributed by atoms with Crippen molar-refractivity contribution < 1.29 is 9.53 Å². The minimum absolute atomic E-state index is 0.0656. The first-order valence-corrected chi connectivity index (χ1v) is 6.88. The Morgan fingerprint density at radius 2 is 2.10 bits per heavy atom. The van der Waals surface area contributed by atoms with Crippen molar-refractivity contribution in [1.29, 1.82) is 0 Å². The topological polar surface area (TPSA) is 64.3 Å². The molecule has 2 aromatic carbocycles. The first kappa shape index (κ1) is 14.4. The number of halogens is 1. The summed E-state index contributed by atoms with van der Waals surface area (Å²) in [6.45, 7) is 1.90.